The van der Waals surface area contributed by atoms with E-state index in [1.54, 1.807) is 0 Å². The van der Waals surface area contributed by atoms with E-state index in [-0.39, 0.29) is 5.92 Å². The van der Waals surface area contributed by atoms with E-state index in [1.165, 1.54) is 11.1 Å². The van der Waals surface area contributed by atoms with Crippen molar-refractivity contribution >= 4 is 12.0 Å². The number of carboxylic acid groups (broad SMARTS) is 1. The Balaban J connectivity index is 1.78. The van der Waals surface area contributed by atoms with E-state index in [9.17, 15) is 9.59 Å². The van der Waals surface area contributed by atoms with Gasteiger partial charge < -0.3 is 20.8 Å². The Morgan fingerprint density at radius 1 is 1.37 bits per heavy atom. The Labute approximate surface area is 110 Å². The van der Waals surface area contributed by atoms with Gasteiger partial charge in [-0.05, 0) is 17.5 Å². The second-order valence-electron chi connectivity index (χ2n) is 4.53. The normalized spacial score (nSPS) is 17.8. The summed E-state index contributed by atoms with van der Waals surface area (Å²) < 4.78 is 0. The van der Waals surface area contributed by atoms with Crippen LogP contribution in [0.1, 0.15) is 17.0 Å². The lowest BCUT2D eigenvalue weighted by Gasteiger charge is -2.30. The zero-order valence-corrected chi connectivity index (χ0v) is 10.3. The lowest BCUT2D eigenvalue weighted by atomic mass is 9.78. The fourth-order valence-electron chi connectivity index (χ4n) is 2.16. The molecule has 2 atom stereocenters. The van der Waals surface area contributed by atoms with Gasteiger partial charge >= 0.3 is 12.0 Å². The van der Waals surface area contributed by atoms with Gasteiger partial charge in [-0.2, -0.15) is 0 Å². The first-order valence-corrected chi connectivity index (χ1v) is 6.07. The van der Waals surface area contributed by atoms with E-state index in [0.29, 0.717) is 6.54 Å². The first-order chi connectivity index (χ1) is 9.11. The van der Waals surface area contributed by atoms with Crippen LogP contribution in [-0.4, -0.2) is 41.4 Å². The van der Waals surface area contributed by atoms with Crippen LogP contribution in [0.2, 0.25) is 0 Å². The molecule has 0 saturated heterocycles. The van der Waals surface area contributed by atoms with Crippen LogP contribution in [0.5, 0.6) is 0 Å². The molecule has 0 saturated carbocycles. The molecule has 6 nitrogen and oxygen atoms in total. The molecule has 6 heteroatoms. The average Bonchev–Trinajstić information content (AvgIpc) is 2.36. The lowest BCUT2D eigenvalue weighted by Crippen LogP contribution is -2.49. The molecule has 2 unspecified atom stereocenters. The van der Waals surface area contributed by atoms with Crippen molar-refractivity contribution in [2.24, 2.45) is 0 Å². The van der Waals surface area contributed by atoms with Crippen LogP contribution in [0.15, 0.2) is 24.3 Å². The number of amides is 2. The quantitative estimate of drug-likeness (QED) is 0.605. The Bertz CT molecular complexity index is 489. The number of aliphatic carboxylic acids is 1. The summed E-state index contributed by atoms with van der Waals surface area (Å²) in [6.45, 7) is -0.171. The number of hydrogen-bond donors (Lipinski definition) is 4. The Morgan fingerprint density at radius 2 is 2.11 bits per heavy atom. The van der Waals surface area contributed by atoms with Crippen LogP contribution >= 0.6 is 0 Å². The average molecular weight is 264 g/mol. The van der Waals surface area contributed by atoms with E-state index in [0.717, 1.165) is 6.42 Å². The fourth-order valence-corrected chi connectivity index (χ4v) is 2.16. The second kappa shape index (κ2) is 5.71. The van der Waals surface area contributed by atoms with Crippen molar-refractivity contribution in [1.29, 1.82) is 0 Å². The van der Waals surface area contributed by atoms with Gasteiger partial charge in [-0.3, -0.25) is 0 Å². The highest BCUT2D eigenvalue weighted by atomic mass is 16.4. The molecule has 2 rings (SSSR count). The number of rotatable bonds is 5. The molecular formula is C13H16N2O4. The highest BCUT2D eigenvalue weighted by molar-refractivity contribution is 5.82. The first-order valence-electron chi connectivity index (χ1n) is 6.07. The largest absolute Gasteiger partial charge is 0.480 e. The summed E-state index contributed by atoms with van der Waals surface area (Å²) >= 11 is 0. The third kappa shape index (κ3) is 3.03. The van der Waals surface area contributed by atoms with Crippen LogP contribution < -0.4 is 10.6 Å². The summed E-state index contributed by atoms with van der Waals surface area (Å²) in [5, 5.41) is 22.3. The van der Waals surface area contributed by atoms with Gasteiger partial charge in [-0.25, -0.2) is 9.59 Å². The summed E-state index contributed by atoms with van der Waals surface area (Å²) in [6.07, 6.45) is 0.915. The SMILES string of the molecule is O=C(NCC1Cc2ccccc21)NC(CO)C(=O)O. The Kier molecular flexibility index (Phi) is 4.01. The minimum atomic E-state index is -1.27. The van der Waals surface area contributed by atoms with Crippen LogP contribution in [0.3, 0.4) is 0 Å². The molecule has 2 amide bonds. The van der Waals surface area contributed by atoms with Gasteiger partial charge in [-0.15, -0.1) is 0 Å². The summed E-state index contributed by atoms with van der Waals surface area (Å²) in [5.74, 6) is -0.981. The predicted molar refractivity (Wildman–Crippen MR) is 67.9 cm³/mol. The molecule has 0 radical (unpaired) electrons. The molecule has 4 N–H and O–H groups in total. The number of aliphatic hydroxyl groups excluding tert-OH is 1. The van der Waals surface area contributed by atoms with E-state index in [4.69, 9.17) is 10.2 Å². The molecule has 0 fully saturated rings. The van der Waals surface area contributed by atoms with Crippen LogP contribution in [0.25, 0.3) is 0 Å². The minimum Gasteiger partial charge on any atom is -0.480 e. The van der Waals surface area contributed by atoms with E-state index in [1.807, 2.05) is 18.2 Å². The van der Waals surface area contributed by atoms with Gasteiger partial charge in [0.15, 0.2) is 6.04 Å². The van der Waals surface area contributed by atoms with Gasteiger partial charge in [0.2, 0.25) is 0 Å². The minimum absolute atomic E-state index is 0.277. The van der Waals surface area contributed by atoms with Crippen molar-refractivity contribution < 1.29 is 19.8 Å². The molecule has 0 spiro atoms. The van der Waals surface area contributed by atoms with Crippen molar-refractivity contribution in [3.8, 4) is 0 Å². The zero-order chi connectivity index (χ0) is 13.8. The van der Waals surface area contributed by atoms with E-state index in [2.05, 4.69) is 16.7 Å². The summed E-state index contributed by atoms with van der Waals surface area (Å²) in [5.41, 5.74) is 2.51. The molecule has 1 aliphatic carbocycles. The maximum absolute atomic E-state index is 11.5. The van der Waals surface area contributed by atoms with Gasteiger partial charge in [0.25, 0.3) is 0 Å². The Hall–Kier alpha value is -2.08. The van der Waals surface area contributed by atoms with Crippen molar-refractivity contribution in [3.05, 3.63) is 35.4 Å². The highest BCUT2D eigenvalue weighted by Crippen LogP contribution is 2.33. The monoisotopic (exact) mass is 264 g/mol. The van der Waals surface area contributed by atoms with Crippen molar-refractivity contribution in [1.82, 2.24) is 10.6 Å². The van der Waals surface area contributed by atoms with Gasteiger partial charge in [0.1, 0.15) is 0 Å². The summed E-state index contributed by atoms with van der Waals surface area (Å²) in [6, 6.07) is 6.17. The van der Waals surface area contributed by atoms with Crippen LogP contribution in [0, 0.1) is 0 Å². The first kappa shape index (κ1) is 13.4. The second-order valence-corrected chi connectivity index (χ2v) is 4.53. The van der Waals surface area contributed by atoms with Crippen LogP contribution in [0.4, 0.5) is 4.79 Å². The third-order valence-electron chi connectivity index (χ3n) is 3.26. The molecule has 0 aromatic heterocycles. The predicted octanol–water partition coefficient (Wildman–Crippen LogP) is 0.0710. The molecule has 1 aromatic rings. The number of carbonyl (C=O) groups is 2. The van der Waals surface area contributed by atoms with Gasteiger partial charge in [-0.1, -0.05) is 24.3 Å². The molecule has 19 heavy (non-hydrogen) atoms. The highest BCUT2D eigenvalue weighted by Gasteiger charge is 2.26. The summed E-state index contributed by atoms with van der Waals surface area (Å²) in [4.78, 5) is 22.1. The zero-order valence-electron chi connectivity index (χ0n) is 10.3. The number of carbonyl (C=O) groups excluding carboxylic acids is 1. The molecule has 0 aliphatic heterocycles. The van der Waals surface area contributed by atoms with Gasteiger partial charge in [0.05, 0.1) is 6.61 Å². The number of aliphatic hydroxyl groups is 1. The summed E-state index contributed by atoms with van der Waals surface area (Å²) in [7, 11) is 0. The lowest BCUT2D eigenvalue weighted by molar-refractivity contribution is -0.140. The van der Waals surface area contributed by atoms with Crippen molar-refractivity contribution in [2.75, 3.05) is 13.2 Å². The van der Waals surface area contributed by atoms with Crippen molar-refractivity contribution in [2.45, 2.75) is 18.4 Å². The fraction of sp³-hybridized carbons (Fsp3) is 0.385. The molecule has 0 bridgehead atoms. The maximum Gasteiger partial charge on any atom is 0.328 e. The van der Waals surface area contributed by atoms with Crippen LogP contribution in [-0.2, 0) is 11.2 Å². The molecule has 1 aromatic carbocycles. The molecule has 102 valence electrons. The maximum atomic E-state index is 11.5. The number of carboxylic acids is 1. The Morgan fingerprint density at radius 3 is 2.74 bits per heavy atom. The number of hydrogen-bond acceptors (Lipinski definition) is 3. The van der Waals surface area contributed by atoms with E-state index >= 15 is 0 Å². The number of urea groups is 1. The van der Waals surface area contributed by atoms with Gasteiger partial charge in [0, 0.05) is 12.5 Å². The molecule has 1 aliphatic rings. The smallest absolute Gasteiger partial charge is 0.328 e. The topological polar surface area (TPSA) is 98.7 Å². The number of nitrogens with one attached hydrogen (secondary N) is 2. The third-order valence-corrected chi connectivity index (χ3v) is 3.26. The molecular weight excluding hydrogens is 248 g/mol. The number of benzene rings is 1. The van der Waals surface area contributed by atoms with Crippen molar-refractivity contribution in [3.63, 3.8) is 0 Å². The number of fused-ring (bicyclic) bond motifs is 1. The molecule has 0 heterocycles. The standard InChI is InChI=1S/C13H16N2O4/c16-7-11(12(17)18)15-13(19)14-6-9-5-8-3-1-2-4-10(8)9/h1-4,9,11,16H,5-7H2,(H,17,18)(H2,14,15,19). The van der Waals surface area contributed by atoms with E-state index < -0.39 is 24.6 Å².